The summed E-state index contributed by atoms with van der Waals surface area (Å²) in [7, 11) is 0. The standard InChI is InChI=1S/C8H9ClN4/c1-4-5(2)8-11-10-6(3)13(8)12-7(4)9/h1-3H3. The Labute approximate surface area is 80.5 Å². The first-order valence-corrected chi connectivity index (χ1v) is 4.33. The van der Waals surface area contributed by atoms with Crippen LogP contribution in [0.5, 0.6) is 0 Å². The highest BCUT2D eigenvalue weighted by molar-refractivity contribution is 6.30. The fourth-order valence-electron chi connectivity index (χ4n) is 1.20. The lowest BCUT2D eigenvalue weighted by molar-refractivity contribution is 0.865. The van der Waals surface area contributed by atoms with Crippen LogP contribution in [-0.4, -0.2) is 19.8 Å². The van der Waals surface area contributed by atoms with Crippen LogP contribution in [0.15, 0.2) is 0 Å². The molecule has 0 radical (unpaired) electrons. The molecule has 0 aliphatic carbocycles. The number of nitrogens with zero attached hydrogens (tertiary/aromatic N) is 4. The minimum absolute atomic E-state index is 0.507. The third-order valence-electron chi connectivity index (χ3n) is 2.19. The van der Waals surface area contributed by atoms with Crippen molar-refractivity contribution in [1.29, 1.82) is 0 Å². The van der Waals surface area contributed by atoms with E-state index >= 15 is 0 Å². The molecule has 0 aliphatic rings. The maximum absolute atomic E-state index is 5.93. The van der Waals surface area contributed by atoms with Crippen LogP contribution in [0, 0.1) is 20.8 Å². The Morgan fingerprint density at radius 3 is 2.46 bits per heavy atom. The molecule has 0 aromatic carbocycles. The van der Waals surface area contributed by atoms with E-state index in [-0.39, 0.29) is 0 Å². The summed E-state index contributed by atoms with van der Waals surface area (Å²) in [6.45, 7) is 5.74. The summed E-state index contributed by atoms with van der Waals surface area (Å²) in [5, 5.41) is 12.6. The van der Waals surface area contributed by atoms with Crippen molar-refractivity contribution in [2.45, 2.75) is 20.8 Å². The number of fused-ring (bicyclic) bond motifs is 1. The summed E-state index contributed by atoms with van der Waals surface area (Å²) < 4.78 is 1.66. The van der Waals surface area contributed by atoms with Crippen LogP contribution in [0.3, 0.4) is 0 Å². The summed E-state index contributed by atoms with van der Waals surface area (Å²) in [6, 6.07) is 0. The molecule has 0 amide bonds. The van der Waals surface area contributed by atoms with E-state index in [2.05, 4.69) is 15.3 Å². The third-order valence-corrected chi connectivity index (χ3v) is 2.55. The van der Waals surface area contributed by atoms with Crippen LogP contribution in [0.2, 0.25) is 5.15 Å². The smallest absolute Gasteiger partial charge is 0.181 e. The van der Waals surface area contributed by atoms with E-state index in [4.69, 9.17) is 11.6 Å². The topological polar surface area (TPSA) is 43.1 Å². The third kappa shape index (κ3) is 1.09. The van der Waals surface area contributed by atoms with E-state index < -0.39 is 0 Å². The molecule has 0 N–H and O–H groups in total. The SMILES string of the molecule is Cc1c(Cl)nn2c(C)nnc2c1C. The minimum atomic E-state index is 0.507. The summed E-state index contributed by atoms with van der Waals surface area (Å²) >= 11 is 5.93. The molecule has 0 spiro atoms. The van der Waals surface area contributed by atoms with Gasteiger partial charge in [-0.15, -0.1) is 10.2 Å². The molecule has 2 heterocycles. The molecule has 5 heteroatoms. The van der Waals surface area contributed by atoms with Crippen LogP contribution in [0.25, 0.3) is 5.65 Å². The molecule has 0 atom stereocenters. The van der Waals surface area contributed by atoms with Crippen LogP contribution in [0.4, 0.5) is 0 Å². The molecule has 2 rings (SSSR count). The number of hydrogen-bond donors (Lipinski definition) is 0. The largest absolute Gasteiger partial charge is 0.196 e. The predicted molar refractivity (Wildman–Crippen MR) is 50.0 cm³/mol. The highest BCUT2D eigenvalue weighted by Gasteiger charge is 2.10. The van der Waals surface area contributed by atoms with Gasteiger partial charge in [-0.1, -0.05) is 11.6 Å². The van der Waals surface area contributed by atoms with E-state index in [1.807, 2.05) is 20.8 Å². The fourth-order valence-corrected chi connectivity index (χ4v) is 1.41. The van der Waals surface area contributed by atoms with E-state index in [1.165, 1.54) is 0 Å². The van der Waals surface area contributed by atoms with Crippen molar-refractivity contribution in [2.75, 3.05) is 0 Å². The second-order valence-corrected chi connectivity index (χ2v) is 3.38. The van der Waals surface area contributed by atoms with Gasteiger partial charge in [-0.2, -0.15) is 9.61 Å². The Kier molecular flexibility index (Phi) is 1.73. The van der Waals surface area contributed by atoms with E-state index in [0.717, 1.165) is 22.6 Å². The van der Waals surface area contributed by atoms with E-state index in [0.29, 0.717) is 5.15 Å². The van der Waals surface area contributed by atoms with Gasteiger partial charge in [-0.05, 0) is 26.3 Å². The molecular weight excluding hydrogens is 188 g/mol. The lowest BCUT2D eigenvalue weighted by Gasteiger charge is -2.02. The van der Waals surface area contributed by atoms with Gasteiger partial charge in [0.2, 0.25) is 0 Å². The summed E-state index contributed by atoms with van der Waals surface area (Å²) in [5.74, 6) is 0.750. The Balaban J connectivity index is 2.96. The first kappa shape index (κ1) is 8.44. The van der Waals surface area contributed by atoms with Crippen molar-refractivity contribution in [1.82, 2.24) is 19.8 Å². The van der Waals surface area contributed by atoms with Crippen molar-refractivity contribution < 1.29 is 0 Å². The van der Waals surface area contributed by atoms with E-state index in [9.17, 15) is 0 Å². The Morgan fingerprint density at radius 1 is 1.08 bits per heavy atom. The highest BCUT2D eigenvalue weighted by Crippen LogP contribution is 2.18. The van der Waals surface area contributed by atoms with Crippen LogP contribution in [0.1, 0.15) is 17.0 Å². The van der Waals surface area contributed by atoms with Gasteiger partial charge in [0.05, 0.1) is 0 Å². The molecule has 0 aliphatic heterocycles. The first-order chi connectivity index (χ1) is 6.11. The number of rotatable bonds is 0. The number of aromatic nitrogens is 4. The van der Waals surface area contributed by atoms with Gasteiger partial charge in [0.1, 0.15) is 0 Å². The lowest BCUT2D eigenvalue weighted by Crippen LogP contribution is -1.99. The van der Waals surface area contributed by atoms with Gasteiger partial charge in [-0.25, -0.2) is 0 Å². The zero-order valence-corrected chi connectivity index (χ0v) is 8.42. The van der Waals surface area contributed by atoms with Gasteiger partial charge in [0.25, 0.3) is 0 Å². The Morgan fingerprint density at radius 2 is 1.77 bits per heavy atom. The first-order valence-electron chi connectivity index (χ1n) is 3.96. The van der Waals surface area contributed by atoms with Crippen molar-refractivity contribution >= 4 is 17.2 Å². The van der Waals surface area contributed by atoms with E-state index in [1.54, 1.807) is 4.52 Å². The normalized spacial score (nSPS) is 11.1. The zero-order chi connectivity index (χ0) is 9.59. The average Bonchev–Trinajstić information content (AvgIpc) is 2.45. The molecule has 0 saturated carbocycles. The van der Waals surface area contributed by atoms with Crippen molar-refractivity contribution in [3.8, 4) is 0 Å². The molecule has 0 bridgehead atoms. The van der Waals surface area contributed by atoms with Crippen LogP contribution < -0.4 is 0 Å². The van der Waals surface area contributed by atoms with Gasteiger partial charge in [0.15, 0.2) is 16.6 Å². The van der Waals surface area contributed by atoms with Crippen LogP contribution in [-0.2, 0) is 0 Å². The molecule has 4 nitrogen and oxygen atoms in total. The average molecular weight is 197 g/mol. The number of hydrogen-bond acceptors (Lipinski definition) is 3. The summed E-state index contributed by atoms with van der Waals surface area (Å²) in [4.78, 5) is 0. The van der Waals surface area contributed by atoms with Crippen LogP contribution >= 0.6 is 11.6 Å². The maximum atomic E-state index is 5.93. The van der Waals surface area contributed by atoms with Crippen molar-refractivity contribution in [2.24, 2.45) is 0 Å². The van der Waals surface area contributed by atoms with Gasteiger partial charge in [0, 0.05) is 5.56 Å². The quantitative estimate of drug-likeness (QED) is 0.644. The fraction of sp³-hybridized carbons (Fsp3) is 0.375. The molecular formula is C8H9ClN4. The van der Waals surface area contributed by atoms with Crippen molar-refractivity contribution in [3.05, 3.63) is 22.1 Å². The number of halogens is 1. The van der Waals surface area contributed by atoms with Gasteiger partial charge < -0.3 is 0 Å². The highest BCUT2D eigenvalue weighted by atomic mass is 35.5. The molecule has 2 aromatic rings. The van der Waals surface area contributed by atoms with Gasteiger partial charge >= 0.3 is 0 Å². The van der Waals surface area contributed by atoms with Gasteiger partial charge in [-0.3, -0.25) is 0 Å². The maximum Gasteiger partial charge on any atom is 0.181 e. The molecule has 0 saturated heterocycles. The monoisotopic (exact) mass is 196 g/mol. The molecule has 68 valence electrons. The Bertz CT molecular complexity index is 474. The molecule has 13 heavy (non-hydrogen) atoms. The number of aryl methyl sites for hydroxylation is 2. The molecule has 2 aromatic heterocycles. The molecule has 0 unspecified atom stereocenters. The summed E-state index contributed by atoms with van der Waals surface area (Å²) in [5.41, 5.74) is 2.77. The predicted octanol–water partition coefficient (Wildman–Crippen LogP) is 1.70. The second kappa shape index (κ2) is 2.67. The second-order valence-electron chi connectivity index (χ2n) is 3.02. The lowest BCUT2D eigenvalue weighted by atomic mass is 10.2. The van der Waals surface area contributed by atoms with Crippen molar-refractivity contribution in [3.63, 3.8) is 0 Å². The minimum Gasteiger partial charge on any atom is -0.196 e. The summed E-state index contributed by atoms with van der Waals surface area (Å²) in [6.07, 6.45) is 0. The zero-order valence-electron chi connectivity index (χ0n) is 7.67. The Hall–Kier alpha value is -1.16. The molecule has 0 fully saturated rings.